The van der Waals surface area contributed by atoms with Gasteiger partial charge in [-0.15, -0.1) is 0 Å². The first-order chi connectivity index (χ1) is 8.16. The highest BCUT2D eigenvalue weighted by molar-refractivity contribution is 6.04. The van der Waals surface area contributed by atoms with Crippen molar-refractivity contribution in [1.29, 1.82) is 0 Å². The number of nitrogens with zero attached hydrogens (tertiary/aromatic N) is 1. The summed E-state index contributed by atoms with van der Waals surface area (Å²) in [6.45, 7) is 3.81. The van der Waals surface area contributed by atoms with Crippen LogP contribution in [-0.4, -0.2) is 10.9 Å². The number of hydrogen-bond donors (Lipinski definition) is 1. The van der Waals surface area contributed by atoms with Crippen LogP contribution in [0.5, 0.6) is 0 Å². The molecule has 0 spiro atoms. The summed E-state index contributed by atoms with van der Waals surface area (Å²) in [6, 6.07) is 12.9. The summed E-state index contributed by atoms with van der Waals surface area (Å²) in [5, 5.41) is 2.85. The van der Waals surface area contributed by atoms with Crippen molar-refractivity contribution < 1.29 is 4.79 Å². The molecule has 86 valence electrons. The molecule has 2 aromatic rings. The summed E-state index contributed by atoms with van der Waals surface area (Å²) in [5.74, 6) is -0.112. The predicted molar refractivity (Wildman–Crippen MR) is 68.1 cm³/mol. The quantitative estimate of drug-likeness (QED) is 0.855. The van der Waals surface area contributed by atoms with E-state index in [0.717, 1.165) is 17.1 Å². The Balaban J connectivity index is 2.19. The summed E-state index contributed by atoms with van der Waals surface area (Å²) in [4.78, 5) is 16.2. The second-order valence-electron chi connectivity index (χ2n) is 3.91. The summed E-state index contributed by atoms with van der Waals surface area (Å²) in [6.07, 6.45) is 0. The fraction of sp³-hybridized carbons (Fsp3) is 0.143. The number of carbonyl (C=O) groups is 1. The van der Waals surface area contributed by atoms with Gasteiger partial charge in [-0.25, -0.2) is 0 Å². The second-order valence-corrected chi connectivity index (χ2v) is 3.91. The molecular weight excluding hydrogens is 212 g/mol. The van der Waals surface area contributed by atoms with Crippen LogP contribution < -0.4 is 5.32 Å². The lowest BCUT2D eigenvalue weighted by Gasteiger charge is -2.08. The molecule has 0 fully saturated rings. The van der Waals surface area contributed by atoms with E-state index in [-0.39, 0.29) is 5.91 Å². The molecule has 1 aromatic carbocycles. The molecule has 17 heavy (non-hydrogen) atoms. The van der Waals surface area contributed by atoms with Crippen molar-refractivity contribution in [3.63, 3.8) is 0 Å². The largest absolute Gasteiger partial charge is 0.320 e. The van der Waals surface area contributed by atoms with Crippen molar-refractivity contribution in [2.45, 2.75) is 13.8 Å². The Morgan fingerprint density at radius 3 is 2.41 bits per heavy atom. The number of pyridine rings is 1. The number of rotatable bonds is 2. The summed E-state index contributed by atoms with van der Waals surface area (Å²) in [5.41, 5.74) is 3.17. The highest BCUT2D eigenvalue weighted by Crippen LogP contribution is 2.13. The normalized spacial score (nSPS) is 10.0. The molecule has 0 saturated carbocycles. The Labute approximate surface area is 101 Å². The molecule has 0 aliphatic rings. The molecule has 1 aromatic heterocycles. The molecule has 3 heteroatoms. The third-order valence-corrected chi connectivity index (χ3v) is 2.51. The molecule has 1 amide bonds. The third kappa shape index (κ3) is 2.69. The molecule has 0 bridgehead atoms. The molecule has 0 aliphatic heterocycles. The molecule has 0 radical (unpaired) electrons. The van der Waals surface area contributed by atoms with Crippen LogP contribution >= 0.6 is 0 Å². The Hall–Kier alpha value is -2.16. The fourth-order valence-corrected chi connectivity index (χ4v) is 1.60. The Morgan fingerprint density at radius 1 is 1.06 bits per heavy atom. The maximum Gasteiger partial charge on any atom is 0.255 e. The number of anilines is 1. The summed E-state index contributed by atoms with van der Waals surface area (Å²) in [7, 11) is 0. The Bertz CT molecular complexity index is 535. The highest BCUT2D eigenvalue weighted by atomic mass is 16.1. The number of benzene rings is 1. The maximum atomic E-state index is 11.9. The van der Waals surface area contributed by atoms with Crippen molar-refractivity contribution in [2.24, 2.45) is 0 Å². The first kappa shape index (κ1) is 11.3. The molecule has 1 N–H and O–H groups in total. The zero-order valence-electron chi connectivity index (χ0n) is 9.90. The number of carbonyl (C=O) groups excluding carboxylic acids is 1. The molecule has 1 heterocycles. The van der Waals surface area contributed by atoms with E-state index in [0.29, 0.717) is 5.56 Å². The second kappa shape index (κ2) is 4.78. The van der Waals surface area contributed by atoms with Crippen LogP contribution in [0.15, 0.2) is 42.5 Å². The minimum absolute atomic E-state index is 0.112. The molecular formula is C14H14N2O. The van der Waals surface area contributed by atoms with Gasteiger partial charge >= 0.3 is 0 Å². The van der Waals surface area contributed by atoms with Gasteiger partial charge in [-0.1, -0.05) is 18.2 Å². The first-order valence-corrected chi connectivity index (χ1v) is 5.47. The average Bonchev–Trinajstić information content (AvgIpc) is 2.34. The molecule has 0 unspecified atom stereocenters. The lowest BCUT2D eigenvalue weighted by atomic mass is 10.2. The van der Waals surface area contributed by atoms with E-state index < -0.39 is 0 Å². The molecule has 0 aliphatic carbocycles. The topological polar surface area (TPSA) is 42.0 Å². The average molecular weight is 226 g/mol. The van der Waals surface area contributed by atoms with Gasteiger partial charge in [0.2, 0.25) is 0 Å². The minimum atomic E-state index is -0.112. The van der Waals surface area contributed by atoms with Crippen molar-refractivity contribution in [3.8, 4) is 0 Å². The number of hydrogen-bond acceptors (Lipinski definition) is 2. The van der Waals surface area contributed by atoms with Crippen molar-refractivity contribution in [1.82, 2.24) is 4.98 Å². The van der Waals surface area contributed by atoms with E-state index in [4.69, 9.17) is 0 Å². The lowest BCUT2D eigenvalue weighted by molar-refractivity contribution is 0.102. The van der Waals surface area contributed by atoms with Gasteiger partial charge in [0.1, 0.15) is 0 Å². The van der Waals surface area contributed by atoms with Crippen molar-refractivity contribution in [3.05, 3.63) is 59.4 Å². The van der Waals surface area contributed by atoms with Crippen molar-refractivity contribution >= 4 is 11.6 Å². The Kier molecular flexibility index (Phi) is 3.19. The van der Waals surface area contributed by atoms with Crippen LogP contribution in [0.2, 0.25) is 0 Å². The van der Waals surface area contributed by atoms with Crippen LogP contribution in [-0.2, 0) is 0 Å². The SMILES string of the molecule is Cc1ccc(NC(=O)c2ccccc2)c(C)n1. The van der Waals surface area contributed by atoms with Crippen LogP contribution in [0.25, 0.3) is 0 Å². The smallest absolute Gasteiger partial charge is 0.255 e. The summed E-state index contributed by atoms with van der Waals surface area (Å²) >= 11 is 0. The molecule has 3 nitrogen and oxygen atoms in total. The van der Waals surface area contributed by atoms with Gasteiger partial charge in [0.05, 0.1) is 11.4 Å². The van der Waals surface area contributed by atoms with Crippen LogP contribution in [0.4, 0.5) is 5.69 Å². The standard InChI is InChI=1S/C14H14N2O/c1-10-8-9-13(11(2)15-10)16-14(17)12-6-4-3-5-7-12/h3-9H,1-2H3,(H,16,17). The molecule has 0 saturated heterocycles. The maximum absolute atomic E-state index is 11.9. The van der Waals surface area contributed by atoms with Crippen LogP contribution in [0.3, 0.4) is 0 Å². The predicted octanol–water partition coefficient (Wildman–Crippen LogP) is 2.95. The van der Waals surface area contributed by atoms with Gasteiger partial charge in [0, 0.05) is 11.3 Å². The highest BCUT2D eigenvalue weighted by Gasteiger charge is 2.07. The van der Waals surface area contributed by atoms with Gasteiger partial charge in [-0.3, -0.25) is 9.78 Å². The Morgan fingerprint density at radius 2 is 1.76 bits per heavy atom. The third-order valence-electron chi connectivity index (χ3n) is 2.51. The van der Waals surface area contributed by atoms with Gasteiger partial charge in [-0.05, 0) is 38.1 Å². The van der Waals surface area contributed by atoms with Gasteiger partial charge < -0.3 is 5.32 Å². The van der Waals surface area contributed by atoms with E-state index in [1.54, 1.807) is 12.1 Å². The van der Waals surface area contributed by atoms with E-state index in [2.05, 4.69) is 10.3 Å². The monoisotopic (exact) mass is 226 g/mol. The number of aromatic nitrogens is 1. The van der Waals surface area contributed by atoms with E-state index in [1.807, 2.05) is 44.2 Å². The van der Waals surface area contributed by atoms with E-state index in [9.17, 15) is 4.79 Å². The van der Waals surface area contributed by atoms with Gasteiger partial charge in [0.25, 0.3) is 5.91 Å². The van der Waals surface area contributed by atoms with E-state index in [1.165, 1.54) is 0 Å². The zero-order chi connectivity index (χ0) is 12.3. The van der Waals surface area contributed by atoms with E-state index >= 15 is 0 Å². The van der Waals surface area contributed by atoms with Gasteiger partial charge in [-0.2, -0.15) is 0 Å². The number of amides is 1. The molecule has 2 rings (SSSR count). The van der Waals surface area contributed by atoms with Crippen molar-refractivity contribution in [2.75, 3.05) is 5.32 Å². The fourth-order valence-electron chi connectivity index (χ4n) is 1.60. The summed E-state index contributed by atoms with van der Waals surface area (Å²) < 4.78 is 0. The number of nitrogens with one attached hydrogen (secondary N) is 1. The van der Waals surface area contributed by atoms with Gasteiger partial charge in [0.15, 0.2) is 0 Å². The zero-order valence-corrected chi connectivity index (χ0v) is 9.90. The minimum Gasteiger partial charge on any atom is -0.320 e. The first-order valence-electron chi connectivity index (χ1n) is 5.47. The number of aryl methyl sites for hydroxylation is 2. The lowest BCUT2D eigenvalue weighted by Crippen LogP contribution is -2.13. The van der Waals surface area contributed by atoms with Crippen LogP contribution in [0.1, 0.15) is 21.7 Å². The van der Waals surface area contributed by atoms with Crippen LogP contribution in [0, 0.1) is 13.8 Å². The molecule has 0 atom stereocenters.